The molecule has 2 aromatic carbocycles. The largest absolute Gasteiger partial charge is 0.376 e. The van der Waals surface area contributed by atoms with E-state index in [1.54, 1.807) is 16.4 Å². The zero-order valence-corrected chi connectivity index (χ0v) is 18.5. The molecule has 0 amide bonds. The van der Waals surface area contributed by atoms with Crippen LogP contribution in [0.5, 0.6) is 0 Å². The lowest BCUT2D eigenvalue weighted by molar-refractivity contribution is 0.0953. The molecule has 6 rings (SSSR count). The zero-order chi connectivity index (χ0) is 21.5. The molecule has 32 heavy (non-hydrogen) atoms. The number of hydrogen-bond donors (Lipinski definition) is 1. The topological polar surface area (TPSA) is 86.4 Å². The number of aromatic nitrogens is 7. The first-order chi connectivity index (χ1) is 15.8. The van der Waals surface area contributed by atoms with E-state index in [1.807, 2.05) is 19.3 Å². The Hall–Kier alpha value is -3.17. The Kier molecular flexibility index (Phi) is 4.92. The van der Waals surface area contributed by atoms with E-state index in [9.17, 15) is 0 Å². The van der Waals surface area contributed by atoms with Crippen molar-refractivity contribution in [3.05, 3.63) is 54.2 Å². The van der Waals surface area contributed by atoms with E-state index in [0.717, 1.165) is 70.2 Å². The van der Waals surface area contributed by atoms with Gasteiger partial charge in [-0.1, -0.05) is 41.2 Å². The second kappa shape index (κ2) is 8.07. The van der Waals surface area contributed by atoms with Crippen LogP contribution >= 0.6 is 11.8 Å². The van der Waals surface area contributed by atoms with Crippen LogP contribution < -0.4 is 0 Å². The van der Waals surface area contributed by atoms with Crippen LogP contribution in [0, 0.1) is 0 Å². The fourth-order valence-corrected chi connectivity index (χ4v) is 5.22. The molecule has 0 radical (unpaired) electrons. The van der Waals surface area contributed by atoms with E-state index < -0.39 is 0 Å². The van der Waals surface area contributed by atoms with E-state index in [2.05, 4.69) is 66.5 Å². The number of ether oxygens (including phenoxy) is 1. The van der Waals surface area contributed by atoms with Gasteiger partial charge in [-0.25, -0.2) is 4.68 Å². The molecule has 0 spiro atoms. The number of para-hydroxylation sites is 1. The van der Waals surface area contributed by atoms with Crippen molar-refractivity contribution in [3.8, 4) is 11.4 Å². The Morgan fingerprint density at radius 3 is 3.00 bits per heavy atom. The number of aryl methyl sites for hydroxylation is 1. The zero-order valence-electron chi connectivity index (χ0n) is 17.7. The summed E-state index contributed by atoms with van der Waals surface area (Å²) in [6.07, 6.45) is 4.40. The molecule has 162 valence electrons. The van der Waals surface area contributed by atoms with Crippen molar-refractivity contribution in [2.45, 2.75) is 36.4 Å². The van der Waals surface area contributed by atoms with E-state index in [1.165, 1.54) is 5.56 Å². The Morgan fingerprint density at radius 1 is 1.16 bits per heavy atom. The predicted molar refractivity (Wildman–Crippen MR) is 124 cm³/mol. The summed E-state index contributed by atoms with van der Waals surface area (Å²) in [5.74, 6) is 1.66. The van der Waals surface area contributed by atoms with Gasteiger partial charge < -0.3 is 9.72 Å². The van der Waals surface area contributed by atoms with E-state index in [-0.39, 0.29) is 6.10 Å². The van der Waals surface area contributed by atoms with Crippen molar-refractivity contribution < 1.29 is 4.74 Å². The third-order valence-corrected chi connectivity index (χ3v) is 7.04. The standard InChI is InChI=1S/C23H23N7OS/c1-29-21-9-8-15(11-20(21)25-28-29)14-32-23-27-26-22(30(23)13-16-5-4-10-31-16)18-12-24-19-7-3-2-6-17(18)19/h2-3,6-9,11-12,16,24H,4-5,10,13-14H2,1H3. The fraction of sp³-hybridized carbons (Fsp3) is 0.304. The summed E-state index contributed by atoms with van der Waals surface area (Å²) in [4.78, 5) is 3.36. The molecule has 1 aliphatic heterocycles. The lowest BCUT2D eigenvalue weighted by Gasteiger charge is -2.14. The quantitative estimate of drug-likeness (QED) is 0.395. The highest BCUT2D eigenvalue weighted by molar-refractivity contribution is 7.98. The molecule has 0 aliphatic carbocycles. The summed E-state index contributed by atoms with van der Waals surface area (Å²) < 4.78 is 9.95. The maximum Gasteiger partial charge on any atom is 0.191 e. The normalized spacial score (nSPS) is 16.5. The van der Waals surface area contributed by atoms with E-state index in [4.69, 9.17) is 4.74 Å². The third kappa shape index (κ3) is 3.47. The highest BCUT2D eigenvalue weighted by Crippen LogP contribution is 2.32. The lowest BCUT2D eigenvalue weighted by atomic mass is 10.1. The number of aromatic amines is 1. The molecule has 5 aromatic rings. The highest BCUT2D eigenvalue weighted by Gasteiger charge is 2.23. The Balaban J connectivity index is 1.33. The van der Waals surface area contributed by atoms with Gasteiger partial charge in [-0.3, -0.25) is 4.57 Å². The molecule has 1 aliphatic rings. The SMILES string of the molecule is Cn1nnc2cc(CSc3nnc(-c4c[nH]c5ccccc45)n3CC3CCCO3)ccc21. The van der Waals surface area contributed by atoms with Crippen molar-refractivity contribution in [3.63, 3.8) is 0 Å². The van der Waals surface area contributed by atoms with Crippen LogP contribution in [0.2, 0.25) is 0 Å². The molecule has 0 bridgehead atoms. The maximum atomic E-state index is 5.94. The number of thioether (sulfide) groups is 1. The number of hydrogen-bond acceptors (Lipinski definition) is 6. The second-order valence-corrected chi connectivity index (χ2v) is 9.07. The molecule has 8 nitrogen and oxygen atoms in total. The molecule has 9 heteroatoms. The molecular formula is C23H23N7OS. The van der Waals surface area contributed by atoms with Gasteiger partial charge in [0.15, 0.2) is 11.0 Å². The van der Waals surface area contributed by atoms with Crippen LogP contribution in [0.25, 0.3) is 33.3 Å². The number of H-pyrrole nitrogens is 1. The van der Waals surface area contributed by atoms with Gasteiger partial charge in [0.1, 0.15) is 5.52 Å². The number of nitrogens with zero attached hydrogens (tertiary/aromatic N) is 6. The molecular weight excluding hydrogens is 422 g/mol. The predicted octanol–water partition coefficient (Wildman–Crippen LogP) is 4.18. The average Bonchev–Trinajstić information content (AvgIpc) is 3.60. The first-order valence-electron chi connectivity index (χ1n) is 10.8. The number of rotatable bonds is 6. The van der Waals surface area contributed by atoms with Gasteiger partial charge in [0.25, 0.3) is 0 Å². The van der Waals surface area contributed by atoms with Crippen molar-refractivity contribution in [2.24, 2.45) is 7.05 Å². The average molecular weight is 446 g/mol. The number of fused-ring (bicyclic) bond motifs is 2. The Labute approximate surface area is 189 Å². The molecule has 1 N–H and O–H groups in total. The van der Waals surface area contributed by atoms with E-state index in [0.29, 0.717) is 0 Å². The molecule has 0 saturated carbocycles. The van der Waals surface area contributed by atoms with Gasteiger partial charge in [-0.05, 0) is 36.6 Å². The van der Waals surface area contributed by atoms with Gasteiger partial charge in [0.2, 0.25) is 0 Å². The smallest absolute Gasteiger partial charge is 0.191 e. The van der Waals surface area contributed by atoms with Crippen LogP contribution in [0.15, 0.2) is 53.8 Å². The van der Waals surface area contributed by atoms with Crippen LogP contribution in [0.1, 0.15) is 18.4 Å². The second-order valence-electron chi connectivity index (χ2n) is 8.12. The summed E-state index contributed by atoms with van der Waals surface area (Å²) in [6, 6.07) is 14.6. The maximum absolute atomic E-state index is 5.94. The minimum Gasteiger partial charge on any atom is -0.376 e. The first kappa shape index (κ1) is 19.5. The minimum absolute atomic E-state index is 0.199. The molecule has 1 atom stereocenters. The first-order valence-corrected chi connectivity index (χ1v) is 11.8. The van der Waals surface area contributed by atoms with Crippen molar-refractivity contribution >= 4 is 33.7 Å². The molecule has 1 unspecified atom stereocenters. The van der Waals surface area contributed by atoms with Crippen LogP contribution in [-0.4, -0.2) is 47.5 Å². The number of nitrogens with one attached hydrogen (secondary N) is 1. The van der Waals surface area contributed by atoms with Crippen LogP contribution in [0.3, 0.4) is 0 Å². The third-order valence-electron chi connectivity index (χ3n) is 6.00. The Bertz CT molecular complexity index is 1400. The van der Waals surface area contributed by atoms with Crippen molar-refractivity contribution in [2.75, 3.05) is 6.61 Å². The summed E-state index contributed by atoms with van der Waals surface area (Å²) in [5.41, 5.74) is 5.29. The summed E-state index contributed by atoms with van der Waals surface area (Å²) in [6.45, 7) is 1.59. The minimum atomic E-state index is 0.199. The van der Waals surface area contributed by atoms with Crippen molar-refractivity contribution in [1.82, 2.24) is 34.7 Å². The monoisotopic (exact) mass is 445 g/mol. The van der Waals surface area contributed by atoms with Crippen LogP contribution in [-0.2, 0) is 24.1 Å². The van der Waals surface area contributed by atoms with Gasteiger partial charge in [0, 0.05) is 42.1 Å². The van der Waals surface area contributed by atoms with Gasteiger partial charge >= 0.3 is 0 Å². The summed E-state index contributed by atoms with van der Waals surface area (Å²) in [7, 11) is 1.91. The molecule has 1 saturated heterocycles. The lowest BCUT2D eigenvalue weighted by Crippen LogP contribution is -2.16. The molecule has 4 heterocycles. The Morgan fingerprint density at radius 2 is 2.09 bits per heavy atom. The summed E-state index contributed by atoms with van der Waals surface area (Å²) >= 11 is 1.69. The van der Waals surface area contributed by atoms with Gasteiger partial charge in [-0.15, -0.1) is 15.3 Å². The van der Waals surface area contributed by atoms with Gasteiger partial charge in [0.05, 0.1) is 18.2 Å². The van der Waals surface area contributed by atoms with Gasteiger partial charge in [-0.2, -0.15) is 0 Å². The summed E-state index contributed by atoms with van der Waals surface area (Å²) in [5, 5.41) is 19.6. The number of benzene rings is 2. The molecule has 1 fully saturated rings. The van der Waals surface area contributed by atoms with Crippen LogP contribution in [0.4, 0.5) is 0 Å². The fourth-order valence-electron chi connectivity index (χ4n) is 4.33. The highest BCUT2D eigenvalue weighted by atomic mass is 32.2. The van der Waals surface area contributed by atoms with Crippen molar-refractivity contribution in [1.29, 1.82) is 0 Å². The molecule has 3 aromatic heterocycles. The van der Waals surface area contributed by atoms with E-state index >= 15 is 0 Å².